The van der Waals surface area contributed by atoms with Gasteiger partial charge in [0.1, 0.15) is 5.75 Å². The highest BCUT2D eigenvalue weighted by Gasteiger charge is 2.14. The summed E-state index contributed by atoms with van der Waals surface area (Å²) < 4.78 is 5.38. The lowest BCUT2D eigenvalue weighted by atomic mass is 10.0. The quantitative estimate of drug-likeness (QED) is 0.848. The van der Waals surface area contributed by atoms with E-state index in [0.717, 1.165) is 28.1 Å². The number of nitrogens with one attached hydrogen (secondary N) is 1. The summed E-state index contributed by atoms with van der Waals surface area (Å²) >= 11 is 0. The normalized spacial score (nSPS) is 10.3. The highest BCUT2D eigenvalue weighted by molar-refractivity contribution is 6.06. The third kappa shape index (κ3) is 2.84. The van der Waals surface area contributed by atoms with Crippen molar-refractivity contribution in [3.05, 3.63) is 52.6 Å². The zero-order chi connectivity index (χ0) is 15.6. The van der Waals surface area contributed by atoms with Crippen molar-refractivity contribution in [3.63, 3.8) is 0 Å². The Morgan fingerprint density at radius 1 is 1.10 bits per heavy atom. The maximum absolute atomic E-state index is 12.4. The smallest absolute Gasteiger partial charge is 0.256 e. The molecular weight excluding hydrogens is 264 g/mol. The summed E-state index contributed by atoms with van der Waals surface area (Å²) in [6, 6.07) is 9.13. The molecule has 0 radical (unpaired) electrons. The van der Waals surface area contributed by atoms with Gasteiger partial charge < -0.3 is 15.8 Å². The number of carbonyl (C=O) groups excluding carboxylic acids is 1. The van der Waals surface area contributed by atoms with Crippen molar-refractivity contribution in [3.8, 4) is 5.75 Å². The Hall–Kier alpha value is -2.49. The molecule has 0 aromatic heterocycles. The Labute approximate surface area is 124 Å². The van der Waals surface area contributed by atoms with Gasteiger partial charge in [-0.3, -0.25) is 4.79 Å². The van der Waals surface area contributed by atoms with E-state index in [9.17, 15) is 4.79 Å². The summed E-state index contributed by atoms with van der Waals surface area (Å²) in [6.45, 7) is 5.74. The van der Waals surface area contributed by atoms with Gasteiger partial charge in [0.15, 0.2) is 0 Å². The van der Waals surface area contributed by atoms with Crippen molar-refractivity contribution < 1.29 is 9.53 Å². The maximum Gasteiger partial charge on any atom is 0.256 e. The lowest BCUT2D eigenvalue weighted by Gasteiger charge is -2.15. The Balaban J connectivity index is 2.34. The van der Waals surface area contributed by atoms with Gasteiger partial charge in [0.2, 0.25) is 0 Å². The molecule has 0 aliphatic carbocycles. The third-order valence-corrected chi connectivity index (χ3v) is 3.68. The van der Waals surface area contributed by atoms with Crippen LogP contribution < -0.4 is 15.8 Å². The van der Waals surface area contributed by atoms with Gasteiger partial charge in [0.05, 0.1) is 7.11 Å². The lowest BCUT2D eigenvalue weighted by molar-refractivity contribution is 0.102. The number of anilines is 2. The number of aryl methyl sites for hydroxylation is 1. The van der Waals surface area contributed by atoms with E-state index in [1.807, 2.05) is 32.9 Å². The number of ether oxygens (including phenoxy) is 1. The minimum Gasteiger partial charge on any atom is -0.496 e. The summed E-state index contributed by atoms with van der Waals surface area (Å²) in [5, 5.41) is 2.92. The fourth-order valence-electron chi connectivity index (χ4n) is 2.37. The second kappa shape index (κ2) is 5.87. The predicted molar refractivity (Wildman–Crippen MR) is 86.0 cm³/mol. The molecular formula is C17H20N2O2. The number of benzene rings is 2. The van der Waals surface area contributed by atoms with Crippen LogP contribution in [-0.4, -0.2) is 13.0 Å². The van der Waals surface area contributed by atoms with Gasteiger partial charge in [-0.25, -0.2) is 0 Å². The zero-order valence-electron chi connectivity index (χ0n) is 12.8. The Morgan fingerprint density at radius 2 is 1.81 bits per heavy atom. The fourth-order valence-corrected chi connectivity index (χ4v) is 2.37. The molecule has 0 aliphatic rings. The van der Waals surface area contributed by atoms with Crippen molar-refractivity contribution >= 4 is 17.3 Å². The minimum absolute atomic E-state index is 0.172. The van der Waals surface area contributed by atoms with Crippen LogP contribution in [0.4, 0.5) is 11.4 Å². The molecule has 0 aliphatic heterocycles. The molecule has 3 N–H and O–H groups in total. The number of nitrogen functional groups attached to an aromatic ring is 1. The molecule has 1 amide bonds. The molecule has 0 fully saturated rings. The SMILES string of the molecule is COc1c(C)ccc(NC(=O)c2cccc(N)c2C)c1C. The summed E-state index contributed by atoms with van der Waals surface area (Å²) in [5.74, 6) is 0.617. The number of hydrogen-bond donors (Lipinski definition) is 2. The number of carbonyl (C=O) groups is 1. The summed E-state index contributed by atoms with van der Waals surface area (Å²) in [7, 11) is 1.63. The fraction of sp³-hybridized carbons (Fsp3) is 0.235. The summed E-state index contributed by atoms with van der Waals surface area (Å²) in [5.41, 5.74) is 10.5. The Kier molecular flexibility index (Phi) is 4.17. The van der Waals surface area contributed by atoms with Crippen LogP contribution in [0, 0.1) is 20.8 Å². The first kappa shape index (κ1) is 14.9. The molecule has 0 bridgehead atoms. The molecule has 0 atom stereocenters. The Bertz CT molecular complexity index is 693. The van der Waals surface area contributed by atoms with Crippen LogP contribution in [0.15, 0.2) is 30.3 Å². The number of hydrogen-bond acceptors (Lipinski definition) is 3. The number of nitrogens with two attached hydrogens (primary N) is 1. The third-order valence-electron chi connectivity index (χ3n) is 3.68. The average molecular weight is 284 g/mol. The molecule has 21 heavy (non-hydrogen) atoms. The molecule has 0 heterocycles. The monoisotopic (exact) mass is 284 g/mol. The number of methoxy groups -OCH3 is 1. The first-order chi connectivity index (χ1) is 9.95. The van der Waals surface area contributed by atoms with Crippen LogP contribution in [0.1, 0.15) is 27.0 Å². The first-order valence-corrected chi connectivity index (χ1v) is 6.76. The highest BCUT2D eigenvalue weighted by atomic mass is 16.5. The molecule has 2 rings (SSSR count). The number of rotatable bonds is 3. The standard InChI is InChI=1S/C17H20N2O2/c1-10-8-9-15(12(3)16(10)21-4)19-17(20)13-6-5-7-14(18)11(13)2/h5-9H,18H2,1-4H3,(H,19,20). The van der Waals surface area contributed by atoms with E-state index in [4.69, 9.17) is 10.5 Å². The van der Waals surface area contributed by atoms with Gasteiger partial charge >= 0.3 is 0 Å². The maximum atomic E-state index is 12.4. The van der Waals surface area contributed by atoms with Gasteiger partial charge in [-0.05, 0) is 50.1 Å². The topological polar surface area (TPSA) is 64.3 Å². The zero-order valence-corrected chi connectivity index (χ0v) is 12.8. The van der Waals surface area contributed by atoms with Gasteiger partial charge in [0.25, 0.3) is 5.91 Å². The van der Waals surface area contributed by atoms with E-state index >= 15 is 0 Å². The van der Waals surface area contributed by atoms with Gasteiger partial charge in [-0.2, -0.15) is 0 Å². The first-order valence-electron chi connectivity index (χ1n) is 6.76. The van der Waals surface area contributed by atoms with Crippen LogP contribution in [0.3, 0.4) is 0 Å². The van der Waals surface area contributed by atoms with Crippen molar-refractivity contribution in [2.24, 2.45) is 0 Å². The molecule has 2 aromatic rings. The average Bonchev–Trinajstić information content (AvgIpc) is 2.45. The van der Waals surface area contributed by atoms with Crippen LogP contribution in [0.2, 0.25) is 0 Å². The van der Waals surface area contributed by atoms with Gasteiger partial charge in [-0.1, -0.05) is 12.1 Å². The van der Waals surface area contributed by atoms with Crippen molar-refractivity contribution in [2.75, 3.05) is 18.2 Å². The summed E-state index contributed by atoms with van der Waals surface area (Å²) in [4.78, 5) is 12.4. The van der Waals surface area contributed by atoms with Crippen LogP contribution in [0.25, 0.3) is 0 Å². The molecule has 4 nitrogen and oxygen atoms in total. The lowest BCUT2D eigenvalue weighted by Crippen LogP contribution is -2.15. The molecule has 0 unspecified atom stereocenters. The second-order valence-electron chi connectivity index (χ2n) is 5.06. The van der Waals surface area contributed by atoms with E-state index in [0.29, 0.717) is 11.3 Å². The molecule has 110 valence electrons. The van der Waals surface area contributed by atoms with Gasteiger partial charge in [-0.15, -0.1) is 0 Å². The van der Waals surface area contributed by atoms with Gasteiger partial charge in [0, 0.05) is 22.5 Å². The van der Waals surface area contributed by atoms with Crippen molar-refractivity contribution in [2.45, 2.75) is 20.8 Å². The largest absolute Gasteiger partial charge is 0.496 e. The van der Waals surface area contributed by atoms with E-state index in [2.05, 4.69) is 5.32 Å². The van der Waals surface area contributed by atoms with E-state index in [-0.39, 0.29) is 5.91 Å². The van der Waals surface area contributed by atoms with E-state index in [1.165, 1.54) is 0 Å². The molecule has 4 heteroatoms. The van der Waals surface area contributed by atoms with E-state index < -0.39 is 0 Å². The van der Waals surface area contributed by atoms with Crippen molar-refractivity contribution in [1.82, 2.24) is 0 Å². The second-order valence-corrected chi connectivity index (χ2v) is 5.06. The molecule has 0 saturated carbocycles. The van der Waals surface area contributed by atoms with Crippen LogP contribution in [0.5, 0.6) is 5.75 Å². The molecule has 2 aromatic carbocycles. The van der Waals surface area contributed by atoms with Crippen molar-refractivity contribution in [1.29, 1.82) is 0 Å². The molecule has 0 saturated heterocycles. The Morgan fingerprint density at radius 3 is 2.48 bits per heavy atom. The number of amides is 1. The molecule has 0 spiro atoms. The van der Waals surface area contributed by atoms with Crippen LogP contribution >= 0.6 is 0 Å². The van der Waals surface area contributed by atoms with E-state index in [1.54, 1.807) is 25.3 Å². The van der Waals surface area contributed by atoms with Crippen LogP contribution in [-0.2, 0) is 0 Å². The predicted octanol–water partition coefficient (Wildman–Crippen LogP) is 3.45. The summed E-state index contributed by atoms with van der Waals surface area (Å²) in [6.07, 6.45) is 0. The minimum atomic E-state index is -0.172. The highest BCUT2D eigenvalue weighted by Crippen LogP contribution is 2.29.